The second kappa shape index (κ2) is 2.47. The first kappa shape index (κ1) is 2.17. The van der Waals surface area contributed by atoms with Gasteiger partial charge in [0.2, 0.25) is 5.95 Å². The Labute approximate surface area is 75.8 Å². The summed E-state index contributed by atoms with van der Waals surface area (Å²) < 4.78 is 59.1. The van der Waals surface area contributed by atoms with Crippen LogP contribution >= 0.6 is 0 Å². The fourth-order valence-corrected chi connectivity index (χ4v) is 0.618. The Bertz CT molecular complexity index is 506. The highest BCUT2D eigenvalue weighted by molar-refractivity contribution is 5.33. The second-order valence-electron chi connectivity index (χ2n) is 1.78. The maximum Gasteiger partial charge on any atom is 0.225 e. The van der Waals surface area contributed by atoms with E-state index < -0.39 is 43.4 Å². The van der Waals surface area contributed by atoms with Crippen molar-refractivity contribution in [3.8, 4) is 0 Å². The van der Waals surface area contributed by atoms with Crippen LogP contribution in [0.4, 0.5) is 5.95 Å². The first-order chi connectivity index (χ1) is 8.44. The number of hydrogen-bond donors (Lipinski definition) is 1. The van der Waals surface area contributed by atoms with Gasteiger partial charge in [-0.25, -0.2) is 9.97 Å². The number of rotatable bonds is 1. The van der Waals surface area contributed by atoms with E-state index >= 15 is 0 Å². The highest BCUT2D eigenvalue weighted by Gasteiger charge is 2.25. The summed E-state index contributed by atoms with van der Waals surface area (Å²) in [4.78, 5) is 7.10. The third-order valence-electron chi connectivity index (χ3n) is 1.06. The lowest BCUT2D eigenvalue weighted by Gasteiger charge is -2.35. The number of anilines is 1. The van der Waals surface area contributed by atoms with Crippen molar-refractivity contribution in [3.63, 3.8) is 0 Å². The molecule has 1 aliphatic heterocycles. The molecule has 1 N–H and O–H groups in total. The average molecular weight is 159 g/mol. The molecule has 0 amide bonds. The van der Waals surface area contributed by atoms with Crippen molar-refractivity contribution < 1.29 is 16.1 Å². The van der Waals surface area contributed by atoms with Gasteiger partial charge in [-0.15, -0.1) is 0 Å². The fraction of sp³-hybridized carbons (Fsp3) is 0.429. The smallest absolute Gasteiger partial charge is 0.225 e. The molecule has 1 fully saturated rings. The van der Waals surface area contributed by atoms with Crippen molar-refractivity contribution in [1.82, 2.24) is 9.97 Å². The first-order valence-electron chi connectivity index (χ1n) is 6.79. The molecule has 0 aromatic carbocycles. The van der Waals surface area contributed by atoms with Gasteiger partial charge < -0.3 is 10.0 Å². The summed E-state index contributed by atoms with van der Waals surface area (Å²) in [7, 11) is 0. The van der Waals surface area contributed by atoms with Crippen molar-refractivity contribution in [2.24, 2.45) is 0 Å². The van der Waals surface area contributed by atoms with Crippen LogP contribution in [0.2, 0.25) is 0 Å². The van der Waals surface area contributed by atoms with E-state index in [9.17, 15) is 5.11 Å². The number of nitrogens with zero attached hydrogens (tertiary/aromatic N) is 3. The van der Waals surface area contributed by atoms with Gasteiger partial charge in [-0.2, -0.15) is 0 Å². The van der Waals surface area contributed by atoms with Gasteiger partial charge in [0.15, 0.2) is 0 Å². The Hall–Kier alpha value is -1.16. The molecule has 2 rings (SSSR count). The van der Waals surface area contributed by atoms with Crippen LogP contribution in [0.1, 0.15) is 11.0 Å². The Balaban J connectivity index is 2.55. The van der Waals surface area contributed by atoms with Crippen LogP contribution in [0, 0.1) is 0 Å². The molecule has 1 aromatic rings. The lowest BCUT2D eigenvalue weighted by atomic mass is 10.2. The van der Waals surface area contributed by atoms with Gasteiger partial charge in [-0.3, -0.25) is 0 Å². The molecule has 11 heavy (non-hydrogen) atoms. The van der Waals surface area contributed by atoms with Crippen LogP contribution in [0.15, 0.2) is 18.4 Å². The molecule has 1 aromatic heterocycles. The molecule has 0 atom stereocenters. The fourth-order valence-electron chi connectivity index (χ4n) is 0.618. The quantitative estimate of drug-likeness (QED) is 0.609. The van der Waals surface area contributed by atoms with E-state index in [-0.39, 0.29) is 4.90 Å². The molecule has 0 aliphatic carbocycles. The molecule has 1 aliphatic rings. The summed E-state index contributed by atoms with van der Waals surface area (Å²) in [5, 5.41) is 9.48. The van der Waals surface area contributed by atoms with E-state index in [1.807, 2.05) is 0 Å². The minimum atomic E-state index is -3.03. The predicted molar refractivity (Wildman–Crippen MR) is 40.3 cm³/mol. The summed E-state index contributed by atoms with van der Waals surface area (Å²) in [6.07, 6.45) is -4.36. The molecule has 4 nitrogen and oxygen atoms in total. The lowest BCUT2D eigenvalue weighted by Crippen LogP contribution is -2.51. The molecule has 0 saturated carbocycles. The molecular weight excluding hydrogens is 142 g/mol. The highest BCUT2D eigenvalue weighted by Crippen LogP contribution is 2.13. The van der Waals surface area contributed by atoms with E-state index in [1.165, 1.54) is 0 Å². The van der Waals surface area contributed by atoms with Crippen LogP contribution < -0.4 is 4.90 Å². The third-order valence-corrected chi connectivity index (χ3v) is 1.06. The van der Waals surface area contributed by atoms with Crippen LogP contribution in [-0.4, -0.2) is 34.1 Å². The summed E-state index contributed by atoms with van der Waals surface area (Å²) in [5.74, 6) is -0.655. The van der Waals surface area contributed by atoms with Crippen molar-refractivity contribution >= 4 is 5.95 Å². The van der Waals surface area contributed by atoms with Gasteiger partial charge in [0, 0.05) is 25.3 Å². The van der Waals surface area contributed by atoms with Gasteiger partial charge in [-0.05, 0) is 6.04 Å². The third kappa shape index (κ3) is 1.17. The minimum Gasteiger partial charge on any atom is -0.389 e. The van der Waals surface area contributed by atoms with E-state index in [1.54, 1.807) is 0 Å². The van der Waals surface area contributed by atoms with Crippen LogP contribution in [0.3, 0.4) is 0 Å². The summed E-state index contributed by atoms with van der Waals surface area (Å²) in [5.41, 5.74) is 0. The average Bonchev–Trinajstić information content (AvgIpc) is 2.24. The molecule has 0 spiro atoms. The Morgan fingerprint density at radius 1 is 1.73 bits per heavy atom. The molecule has 0 bridgehead atoms. The summed E-state index contributed by atoms with van der Waals surface area (Å²) in [6, 6.07) is -0.577. The molecule has 0 radical (unpaired) electrons. The van der Waals surface area contributed by atoms with E-state index in [0.717, 1.165) is 0 Å². The van der Waals surface area contributed by atoms with Crippen molar-refractivity contribution in [3.05, 3.63) is 18.4 Å². The topological polar surface area (TPSA) is 49.2 Å². The maximum atomic E-state index is 9.48. The van der Waals surface area contributed by atoms with Crippen LogP contribution in [0.25, 0.3) is 0 Å². The Morgan fingerprint density at radius 2 is 2.36 bits per heavy atom. The highest BCUT2D eigenvalue weighted by atomic mass is 16.3. The second-order valence-corrected chi connectivity index (χ2v) is 1.78. The van der Waals surface area contributed by atoms with E-state index in [0.29, 0.717) is 0 Å². The Kier molecular flexibility index (Phi) is 0.486. The monoisotopic (exact) mass is 159 g/mol. The normalized spacial score (nSPS) is 40.6. The molecule has 2 heterocycles. The van der Waals surface area contributed by atoms with Crippen molar-refractivity contribution in [2.75, 3.05) is 17.9 Å². The molecule has 58 valence electrons. The number of β-amino-alcohol motifs (C(OH)–C–C–N with tert-alkyl or cyclic N) is 1. The van der Waals surface area contributed by atoms with Gasteiger partial charge >= 0.3 is 0 Å². The molecule has 1 saturated heterocycles. The first-order valence-corrected chi connectivity index (χ1v) is 2.79. The molecule has 4 heteroatoms. The van der Waals surface area contributed by atoms with Crippen LogP contribution in [0.5, 0.6) is 0 Å². The standard InChI is InChI=1S/C7H9N3O/c11-6-4-10(5-6)7-8-2-1-3-9-7/h1-3,6,11H,4-5H2/i1D,2D,3D,4D2,5D2,6D. The van der Waals surface area contributed by atoms with Gasteiger partial charge in [0.25, 0.3) is 0 Å². The number of aromatic nitrogens is 2. The van der Waals surface area contributed by atoms with E-state index in [4.69, 9.17) is 11.0 Å². The largest absolute Gasteiger partial charge is 0.389 e. The zero-order valence-corrected chi connectivity index (χ0v) is 5.29. The summed E-state index contributed by atoms with van der Waals surface area (Å²) >= 11 is 0. The number of aliphatic hydroxyl groups is 1. The minimum absolute atomic E-state index is 0.280. The predicted octanol–water partition coefficient (Wildman–Crippen LogP) is -0.343. The maximum absolute atomic E-state index is 9.48. The van der Waals surface area contributed by atoms with Crippen molar-refractivity contribution in [2.45, 2.75) is 6.08 Å². The zero-order chi connectivity index (χ0) is 14.8. The SMILES string of the molecule is [2H]c1nc(N2C([2H])([2H])C([2H])(O)C2([2H])[2H])nc([2H])c1[2H]. The van der Waals surface area contributed by atoms with Gasteiger partial charge in [0.05, 0.1) is 17.0 Å². The van der Waals surface area contributed by atoms with Crippen LogP contribution in [-0.2, 0) is 0 Å². The molecule has 0 unspecified atom stereocenters. The Morgan fingerprint density at radius 3 is 3.00 bits per heavy atom. The zero-order valence-electron chi connectivity index (χ0n) is 13.3. The van der Waals surface area contributed by atoms with E-state index in [2.05, 4.69) is 9.97 Å². The number of hydrogen-bond acceptors (Lipinski definition) is 4. The van der Waals surface area contributed by atoms with Gasteiger partial charge in [-0.1, -0.05) is 0 Å². The van der Waals surface area contributed by atoms with Crippen molar-refractivity contribution in [1.29, 1.82) is 0 Å². The lowest BCUT2D eigenvalue weighted by molar-refractivity contribution is 0.140. The molecular formula is C7H9N3O. The summed E-state index contributed by atoms with van der Waals surface area (Å²) in [6.45, 7) is -5.64. The van der Waals surface area contributed by atoms with Gasteiger partial charge in [0.1, 0.15) is 0 Å².